The van der Waals surface area contributed by atoms with Gasteiger partial charge in [-0.05, 0) is 199 Å². The summed E-state index contributed by atoms with van der Waals surface area (Å²) < 4.78 is 10.1. The van der Waals surface area contributed by atoms with Crippen molar-refractivity contribution in [3.05, 3.63) is 457 Å². The van der Waals surface area contributed by atoms with Gasteiger partial charge in [-0.25, -0.2) is 0 Å². The van der Waals surface area contributed by atoms with Crippen LogP contribution in [0.25, 0.3) is 143 Å². The van der Waals surface area contributed by atoms with Gasteiger partial charge in [0.2, 0.25) is 0 Å². The van der Waals surface area contributed by atoms with Crippen LogP contribution in [-0.4, -0.2) is 18.3 Å². The van der Waals surface area contributed by atoms with Crippen molar-refractivity contribution in [1.29, 1.82) is 0 Å². The average Bonchev–Trinajstić information content (AvgIpc) is 1.48. The minimum Gasteiger partial charge on any atom is -0.310 e. The summed E-state index contributed by atoms with van der Waals surface area (Å²) in [6.45, 7) is 0. The summed E-state index contributed by atoms with van der Waals surface area (Å²) in [5.74, 6) is 0. The van der Waals surface area contributed by atoms with E-state index in [9.17, 15) is 0 Å². The molecule has 0 amide bonds. The van der Waals surface area contributed by atoms with Crippen molar-refractivity contribution in [2.75, 3.05) is 9.80 Å². The second kappa shape index (κ2) is 23.7. The molecule has 4 aromatic heterocycles. The van der Waals surface area contributed by atoms with Gasteiger partial charge in [0, 0.05) is 82.9 Å². The highest BCUT2D eigenvalue weighted by Crippen LogP contribution is 2.66. The summed E-state index contributed by atoms with van der Waals surface area (Å²) in [6, 6.07) is 156. The molecule has 2 spiro atoms. The Morgan fingerprint density at radius 3 is 1.24 bits per heavy atom. The first-order chi connectivity index (χ1) is 57.6. The summed E-state index contributed by atoms with van der Waals surface area (Å²) in [4.78, 5) is 5.03. The van der Waals surface area contributed by atoms with E-state index in [2.05, 4.69) is 441 Å². The first kappa shape index (κ1) is 63.4. The molecule has 0 saturated carbocycles. The summed E-state index contributed by atoms with van der Waals surface area (Å²) in [5, 5.41) is 9.77. The molecule has 18 aromatic carbocycles. The fourth-order valence-electron chi connectivity index (χ4n) is 21.9. The monoisotopic (exact) mass is 1470 g/mol. The Balaban J connectivity index is 0.692. The van der Waals surface area contributed by atoms with Gasteiger partial charge in [0.1, 0.15) is 0 Å². The van der Waals surface area contributed by atoms with E-state index >= 15 is 0 Å². The van der Waals surface area contributed by atoms with Gasteiger partial charge < -0.3 is 28.1 Å². The molecule has 6 heterocycles. The second-order valence-electron chi connectivity index (χ2n) is 31.7. The zero-order valence-corrected chi connectivity index (χ0v) is 62.9. The zero-order chi connectivity index (χ0) is 75.6. The first-order valence-electron chi connectivity index (χ1n) is 40.3. The molecule has 4 aliphatic rings. The van der Waals surface area contributed by atoms with E-state index in [1.165, 1.54) is 149 Å². The third kappa shape index (κ3) is 8.22. The molecular formula is C110H68N6. The summed E-state index contributed by atoms with van der Waals surface area (Å²) in [7, 11) is 0. The van der Waals surface area contributed by atoms with Gasteiger partial charge >= 0.3 is 0 Å². The van der Waals surface area contributed by atoms with Crippen LogP contribution in [0.2, 0.25) is 0 Å². The molecule has 538 valence electrons. The zero-order valence-electron chi connectivity index (χ0n) is 62.9. The third-order valence-electron chi connectivity index (χ3n) is 26.3. The minimum absolute atomic E-state index is 0.599. The summed E-state index contributed by atoms with van der Waals surface area (Å²) in [6.07, 6.45) is 0. The van der Waals surface area contributed by atoms with Gasteiger partial charge in [0.25, 0.3) is 0 Å². The Morgan fingerprint density at radius 2 is 0.595 bits per heavy atom. The fourth-order valence-corrected chi connectivity index (χ4v) is 21.9. The molecule has 2 aliphatic heterocycles. The van der Waals surface area contributed by atoms with E-state index in [1.807, 2.05) is 0 Å². The van der Waals surface area contributed by atoms with E-state index in [0.717, 1.165) is 73.5 Å². The van der Waals surface area contributed by atoms with Crippen LogP contribution >= 0.6 is 0 Å². The van der Waals surface area contributed by atoms with E-state index in [4.69, 9.17) is 0 Å². The Morgan fingerprint density at radius 1 is 0.198 bits per heavy atom. The lowest BCUT2D eigenvalue weighted by Crippen LogP contribution is -2.34. The number of hydrogen-bond donors (Lipinski definition) is 0. The number of aromatic nitrogens is 4. The van der Waals surface area contributed by atoms with Gasteiger partial charge in [-0.2, -0.15) is 0 Å². The number of hydrogen-bond acceptors (Lipinski definition) is 2. The number of nitrogens with zero attached hydrogens (tertiary/aromatic N) is 6. The summed E-state index contributed by atoms with van der Waals surface area (Å²) >= 11 is 0. The predicted octanol–water partition coefficient (Wildman–Crippen LogP) is 28.0. The lowest BCUT2D eigenvalue weighted by molar-refractivity contribution is 0.748. The van der Waals surface area contributed by atoms with Crippen molar-refractivity contribution in [1.82, 2.24) is 18.3 Å². The number of para-hydroxylation sites is 10. The lowest BCUT2D eigenvalue weighted by atomic mass is 9.65. The summed E-state index contributed by atoms with van der Waals surface area (Å²) in [5.41, 5.74) is 36.6. The highest BCUT2D eigenvalue weighted by molar-refractivity contribution is 6.17. The molecule has 6 heteroatoms. The molecule has 0 saturated heterocycles. The van der Waals surface area contributed by atoms with Crippen LogP contribution in [0.1, 0.15) is 44.5 Å². The molecule has 26 rings (SSSR count). The number of benzene rings is 18. The SMILES string of the molecule is c1ccc(N(c2ccc3c(c2)c2ccccc2n3-c2ccccc2)c2cccc3c2-n2c4ccccc4c4cccc(c42)C32c3ccccc3-c3c(-c4ccc(N(c5ccc6c(c5)-n5c7ccccc7c7cccc(c75)C65c6ccccc6-c6ccccc65)c5ccc6c7ccccc7n(-c7ccccc7)c6c5)cc4)cccc32)cc1. The first-order valence-corrected chi connectivity index (χ1v) is 40.3. The maximum absolute atomic E-state index is 2.62. The molecule has 0 bridgehead atoms. The van der Waals surface area contributed by atoms with Crippen LogP contribution in [0.4, 0.5) is 34.1 Å². The van der Waals surface area contributed by atoms with Crippen molar-refractivity contribution < 1.29 is 0 Å². The maximum Gasteiger partial charge on any atom is 0.0755 e. The van der Waals surface area contributed by atoms with Crippen molar-refractivity contribution in [2.45, 2.75) is 10.8 Å². The van der Waals surface area contributed by atoms with Crippen molar-refractivity contribution in [3.63, 3.8) is 0 Å². The van der Waals surface area contributed by atoms with E-state index < -0.39 is 10.8 Å². The molecule has 0 N–H and O–H groups in total. The quantitative estimate of drug-likeness (QED) is 0.144. The Bertz CT molecular complexity index is 7930. The molecule has 0 fully saturated rings. The minimum atomic E-state index is -0.769. The predicted molar refractivity (Wildman–Crippen MR) is 480 cm³/mol. The van der Waals surface area contributed by atoms with Gasteiger partial charge in [-0.1, -0.05) is 291 Å². The standard InChI is InChI=1S/C110H68N6/c1-4-28-70(29-5-1)112(74-62-65-101-88(66-74)83-39-16-21-52-98(83)113(101)71-30-6-2-7-31-71)102-55-27-50-96-108(102)116-100-54-23-15-38-82(100)86-43-26-49-95(107(86)116)110(96)91-46-19-12-40-87(91)105-77(41-24-47-93(105)110)69-56-58-73(59-57-69)111(75-60-63-84-80-36-13-20-51-97(80)114(103(84)67-75)72-32-8-3-9-33-72)76-61-64-92-104(68-76)115-99-53-22-14-37-81(99)85-42-25-48-94(106(85)115)109(92)89-44-17-10-34-78(89)79-35-11-18-45-90(79)109/h1-68H. The van der Waals surface area contributed by atoms with Crippen LogP contribution in [0.3, 0.4) is 0 Å². The Kier molecular flexibility index (Phi) is 12.9. The van der Waals surface area contributed by atoms with Crippen LogP contribution in [0.15, 0.2) is 413 Å². The number of fused-ring (bicyclic) bond motifs is 30. The van der Waals surface area contributed by atoms with Gasteiger partial charge in [-0.3, -0.25) is 0 Å². The molecule has 116 heavy (non-hydrogen) atoms. The average molecular weight is 1470 g/mol. The molecule has 1 atom stereocenters. The highest BCUT2D eigenvalue weighted by Gasteiger charge is 2.54. The van der Waals surface area contributed by atoms with Crippen LogP contribution < -0.4 is 9.80 Å². The van der Waals surface area contributed by atoms with Gasteiger partial charge in [-0.15, -0.1) is 0 Å². The highest BCUT2D eigenvalue weighted by atomic mass is 15.2. The van der Waals surface area contributed by atoms with Crippen molar-refractivity contribution >= 4 is 121 Å². The molecule has 0 radical (unpaired) electrons. The van der Waals surface area contributed by atoms with Crippen molar-refractivity contribution in [3.8, 4) is 56.1 Å². The molecule has 22 aromatic rings. The number of anilines is 6. The smallest absolute Gasteiger partial charge is 0.0755 e. The maximum atomic E-state index is 2.62. The molecule has 6 nitrogen and oxygen atoms in total. The van der Waals surface area contributed by atoms with Crippen molar-refractivity contribution in [2.24, 2.45) is 0 Å². The van der Waals surface area contributed by atoms with Gasteiger partial charge in [0.15, 0.2) is 0 Å². The topological polar surface area (TPSA) is 26.2 Å². The largest absolute Gasteiger partial charge is 0.310 e. The lowest BCUT2D eigenvalue weighted by Gasteiger charge is -2.41. The van der Waals surface area contributed by atoms with Gasteiger partial charge in [0.05, 0.1) is 72.0 Å². The van der Waals surface area contributed by atoms with Crippen LogP contribution in [-0.2, 0) is 10.8 Å². The fraction of sp³-hybridized carbons (Fsp3) is 0.0182. The number of rotatable bonds is 9. The van der Waals surface area contributed by atoms with E-state index in [-0.39, 0.29) is 0 Å². The Hall–Kier alpha value is -15.2. The third-order valence-corrected chi connectivity index (χ3v) is 26.3. The normalized spacial score (nSPS) is 14.3. The van der Waals surface area contributed by atoms with Crippen LogP contribution in [0.5, 0.6) is 0 Å². The molecule has 2 aliphatic carbocycles. The van der Waals surface area contributed by atoms with E-state index in [0.29, 0.717) is 0 Å². The van der Waals surface area contributed by atoms with Crippen LogP contribution in [0, 0.1) is 0 Å². The second-order valence-corrected chi connectivity index (χ2v) is 31.7. The Labute approximate surface area is 669 Å². The molecule has 1 unspecified atom stereocenters. The molecular weight excluding hydrogens is 1410 g/mol. The van der Waals surface area contributed by atoms with E-state index in [1.54, 1.807) is 0 Å².